The number of aryl methyl sites for hydroxylation is 1. The fourth-order valence-electron chi connectivity index (χ4n) is 1.95. The molecule has 25 heavy (non-hydrogen) atoms. The third kappa shape index (κ3) is 4.63. The summed E-state index contributed by atoms with van der Waals surface area (Å²) in [6, 6.07) is 9.53. The molecule has 10 heteroatoms. The van der Waals surface area contributed by atoms with Gasteiger partial charge in [0.1, 0.15) is 5.01 Å². The van der Waals surface area contributed by atoms with Crippen LogP contribution in [-0.2, 0) is 16.3 Å². The second kappa shape index (κ2) is 7.61. The molecule has 1 aromatic carbocycles. The van der Waals surface area contributed by atoms with Crippen molar-refractivity contribution in [1.29, 1.82) is 0 Å². The van der Waals surface area contributed by atoms with Crippen molar-refractivity contribution in [1.82, 2.24) is 10.2 Å². The number of sulfone groups is 1. The number of thiophene rings is 1. The van der Waals surface area contributed by atoms with Crippen LogP contribution in [-0.4, -0.2) is 30.3 Å². The van der Waals surface area contributed by atoms with Gasteiger partial charge in [-0.15, -0.1) is 21.5 Å². The molecule has 0 fully saturated rings. The second-order valence-corrected chi connectivity index (χ2v) is 9.51. The Bertz CT molecular complexity index is 967. The minimum absolute atomic E-state index is 0.0951. The van der Waals surface area contributed by atoms with E-state index < -0.39 is 9.84 Å². The average Bonchev–Trinajstić information content (AvgIpc) is 3.25. The van der Waals surface area contributed by atoms with Crippen molar-refractivity contribution >= 4 is 55.2 Å². The molecule has 2 heterocycles. The van der Waals surface area contributed by atoms with Crippen molar-refractivity contribution in [2.75, 3.05) is 11.1 Å². The number of benzene rings is 1. The summed E-state index contributed by atoms with van der Waals surface area (Å²) in [4.78, 5) is 12.7. The lowest BCUT2D eigenvalue weighted by atomic mass is 10.4. The summed E-state index contributed by atoms with van der Waals surface area (Å²) in [5.41, 5.74) is 0. The number of hydrogen-bond donors (Lipinski definition) is 1. The maximum absolute atomic E-state index is 12.3. The molecule has 130 valence electrons. The van der Waals surface area contributed by atoms with Gasteiger partial charge in [-0.05, 0) is 35.7 Å². The van der Waals surface area contributed by atoms with Gasteiger partial charge in [-0.3, -0.25) is 10.1 Å². The number of halogens is 1. The standard InChI is InChI=1S/C15H12ClN3O3S3/c16-10-3-5-11(6-4-10)25(21,22)9-7-13-18-19-15(24-13)17-14(20)12-2-1-8-23-12/h1-6,8H,7,9H2,(H,17,19,20). The Morgan fingerprint density at radius 3 is 2.60 bits per heavy atom. The predicted molar refractivity (Wildman–Crippen MR) is 99.4 cm³/mol. The quantitative estimate of drug-likeness (QED) is 0.667. The van der Waals surface area contributed by atoms with Gasteiger partial charge in [0.05, 0.1) is 15.5 Å². The van der Waals surface area contributed by atoms with Crippen LogP contribution in [0.5, 0.6) is 0 Å². The molecule has 0 saturated heterocycles. The summed E-state index contributed by atoms with van der Waals surface area (Å²) in [5, 5.41) is 13.6. The Morgan fingerprint density at radius 1 is 1.16 bits per heavy atom. The molecule has 0 unspecified atom stereocenters. The molecule has 3 aromatic rings. The Morgan fingerprint density at radius 2 is 1.92 bits per heavy atom. The summed E-state index contributed by atoms with van der Waals surface area (Å²) < 4.78 is 24.6. The van der Waals surface area contributed by atoms with Gasteiger partial charge in [-0.25, -0.2) is 8.42 Å². The van der Waals surface area contributed by atoms with E-state index >= 15 is 0 Å². The van der Waals surface area contributed by atoms with Crippen molar-refractivity contribution < 1.29 is 13.2 Å². The highest BCUT2D eigenvalue weighted by Gasteiger charge is 2.17. The monoisotopic (exact) mass is 413 g/mol. The van der Waals surface area contributed by atoms with Crippen molar-refractivity contribution in [2.45, 2.75) is 11.3 Å². The maximum Gasteiger partial charge on any atom is 0.267 e. The second-order valence-electron chi connectivity index (χ2n) is 4.96. The van der Waals surface area contributed by atoms with E-state index in [4.69, 9.17) is 11.6 Å². The van der Waals surface area contributed by atoms with Crippen LogP contribution in [0.4, 0.5) is 5.13 Å². The van der Waals surface area contributed by atoms with Gasteiger partial charge in [0.15, 0.2) is 9.84 Å². The largest absolute Gasteiger partial charge is 0.296 e. The van der Waals surface area contributed by atoms with Crippen molar-refractivity contribution in [3.05, 3.63) is 56.7 Å². The lowest BCUT2D eigenvalue weighted by Gasteiger charge is -2.02. The topological polar surface area (TPSA) is 89.0 Å². The first kappa shape index (κ1) is 18.0. The molecule has 6 nitrogen and oxygen atoms in total. The number of aromatic nitrogens is 2. The van der Waals surface area contributed by atoms with Crippen LogP contribution in [0, 0.1) is 0 Å². The van der Waals surface area contributed by atoms with E-state index in [2.05, 4.69) is 15.5 Å². The zero-order valence-electron chi connectivity index (χ0n) is 12.7. The van der Waals surface area contributed by atoms with E-state index in [9.17, 15) is 13.2 Å². The first-order chi connectivity index (χ1) is 11.9. The minimum Gasteiger partial charge on any atom is -0.296 e. The smallest absolute Gasteiger partial charge is 0.267 e. The van der Waals surface area contributed by atoms with Gasteiger partial charge in [-0.2, -0.15) is 0 Å². The van der Waals surface area contributed by atoms with Crippen LogP contribution in [0.2, 0.25) is 5.02 Å². The maximum atomic E-state index is 12.3. The number of anilines is 1. The molecule has 2 aromatic heterocycles. The lowest BCUT2D eigenvalue weighted by Crippen LogP contribution is -2.09. The molecular weight excluding hydrogens is 402 g/mol. The number of hydrogen-bond acceptors (Lipinski definition) is 7. The first-order valence-electron chi connectivity index (χ1n) is 7.09. The van der Waals surface area contributed by atoms with Gasteiger partial charge < -0.3 is 0 Å². The van der Waals surface area contributed by atoms with Gasteiger partial charge in [0, 0.05) is 11.4 Å². The molecule has 1 N–H and O–H groups in total. The van der Waals surface area contributed by atoms with Gasteiger partial charge >= 0.3 is 0 Å². The normalized spacial score (nSPS) is 11.4. The molecule has 0 bridgehead atoms. The Hall–Kier alpha value is -1.81. The molecule has 0 atom stereocenters. The highest BCUT2D eigenvalue weighted by molar-refractivity contribution is 7.91. The van der Waals surface area contributed by atoms with E-state index in [1.54, 1.807) is 12.1 Å². The predicted octanol–water partition coefficient (Wildman–Crippen LogP) is 3.52. The van der Waals surface area contributed by atoms with Crippen LogP contribution in [0.1, 0.15) is 14.7 Å². The highest BCUT2D eigenvalue weighted by Crippen LogP contribution is 2.20. The number of carbonyl (C=O) groups is 1. The molecule has 1 amide bonds. The summed E-state index contributed by atoms with van der Waals surface area (Å²) in [6.45, 7) is 0. The zero-order valence-corrected chi connectivity index (χ0v) is 15.9. The van der Waals surface area contributed by atoms with Gasteiger partial charge in [0.25, 0.3) is 5.91 Å². The van der Waals surface area contributed by atoms with E-state index in [1.807, 2.05) is 5.38 Å². The van der Waals surface area contributed by atoms with Crippen molar-refractivity contribution in [3.8, 4) is 0 Å². The molecule has 0 spiro atoms. The number of rotatable bonds is 6. The third-order valence-electron chi connectivity index (χ3n) is 3.19. The van der Waals surface area contributed by atoms with Crippen molar-refractivity contribution in [2.24, 2.45) is 0 Å². The van der Waals surface area contributed by atoms with E-state index in [1.165, 1.54) is 35.6 Å². The van der Waals surface area contributed by atoms with Crippen molar-refractivity contribution in [3.63, 3.8) is 0 Å². The fourth-order valence-corrected chi connectivity index (χ4v) is 4.81. The van der Waals surface area contributed by atoms with E-state index in [-0.39, 0.29) is 23.0 Å². The molecule has 0 radical (unpaired) electrons. The SMILES string of the molecule is O=C(Nc1nnc(CCS(=O)(=O)c2ccc(Cl)cc2)s1)c1cccs1. The molecule has 3 rings (SSSR count). The molecule has 0 saturated carbocycles. The highest BCUT2D eigenvalue weighted by atomic mass is 35.5. The third-order valence-corrected chi connectivity index (χ3v) is 6.94. The van der Waals surface area contributed by atoms with Gasteiger partial charge in [0.2, 0.25) is 5.13 Å². The molecular formula is C15H12ClN3O3S3. The molecule has 0 aliphatic rings. The van der Waals surface area contributed by atoms with Crippen LogP contribution in [0.25, 0.3) is 0 Å². The zero-order chi connectivity index (χ0) is 17.9. The van der Waals surface area contributed by atoms with Crippen LogP contribution >= 0.6 is 34.3 Å². The molecule has 0 aliphatic heterocycles. The van der Waals surface area contributed by atoms with Crippen LogP contribution in [0.3, 0.4) is 0 Å². The van der Waals surface area contributed by atoms with Crippen LogP contribution < -0.4 is 5.32 Å². The number of amides is 1. The summed E-state index contributed by atoms with van der Waals surface area (Å²) >= 11 is 8.26. The number of nitrogens with one attached hydrogen (secondary N) is 1. The first-order valence-corrected chi connectivity index (χ1v) is 10.8. The lowest BCUT2D eigenvalue weighted by molar-refractivity contribution is 0.103. The Kier molecular flexibility index (Phi) is 5.48. The molecule has 0 aliphatic carbocycles. The number of carbonyl (C=O) groups excluding carboxylic acids is 1. The van der Waals surface area contributed by atoms with E-state index in [0.29, 0.717) is 20.0 Å². The van der Waals surface area contributed by atoms with Crippen LogP contribution in [0.15, 0.2) is 46.7 Å². The Balaban J connectivity index is 1.61. The van der Waals surface area contributed by atoms with Gasteiger partial charge in [-0.1, -0.05) is 29.0 Å². The fraction of sp³-hybridized carbons (Fsp3) is 0.133. The number of nitrogens with zero attached hydrogens (tertiary/aromatic N) is 2. The summed E-state index contributed by atoms with van der Waals surface area (Å²) in [5.74, 6) is -0.353. The average molecular weight is 414 g/mol. The summed E-state index contributed by atoms with van der Waals surface area (Å²) in [7, 11) is -3.43. The minimum atomic E-state index is -3.43. The summed E-state index contributed by atoms with van der Waals surface area (Å²) in [6.07, 6.45) is 0.220. The Labute approximate surface area is 157 Å². The van der Waals surface area contributed by atoms with E-state index in [0.717, 1.165) is 11.3 Å².